The molecule has 0 fully saturated rings. The van der Waals surface area contributed by atoms with Gasteiger partial charge in [-0.05, 0) is 43.7 Å². The molecule has 2 atom stereocenters. The first-order valence-electron chi connectivity index (χ1n) is 7.67. The molecular formula is C17H16Cl2N4OS. The third-order valence-corrected chi connectivity index (χ3v) is 5.34. The summed E-state index contributed by atoms with van der Waals surface area (Å²) >= 11 is 13.5. The van der Waals surface area contributed by atoms with Crippen LogP contribution in [0.1, 0.15) is 25.5 Å². The van der Waals surface area contributed by atoms with Gasteiger partial charge in [-0.2, -0.15) is 0 Å². The highest BCUT2D eigenvalue weighted by Gasteiger charge is 2.20. The summed E-state index contributed by atoms with van der Waals surface area (Å²) in [5.41, 5.74) is 1.57. The van der Waals surface area contributed by atoms with Gasteiger partial charge in [0.1, 0.15) is 0 Å². The van der Waals surface area contributed by atoms with Crippen LogP contribution in [0.5, 0.6) is 0 Å². The van der Waals surface area contributed by atoms with Crippen molar-refractivity contribution in [3.63, 3.8) is 0 Å². The van der Waals surface area contributed by atoms with Gasteiger partial charge in [0.05, 0.1) is 11.3 Å². The quantitative estimate of drug-likeness (QED) is 0.651. The van der Waals surface area contributed by atoms with E-state index in [1.807, 2.05) is 48.7 Å². The van der Waals surface area contributed by atoms with E-state index in [1.165, 1.54) is 11.8 Å². The highest BCUT2D eigenvalue weighted by Crippen LogP contribution is 2.27. The SMILES string of the molecule is C[C@H](NC(=O)[C@@H](C)Sc1nnc2ccccn12)c1ccc(Cl)cc1Cl. The summed E-state index contributed by atoms with van der Waals surface area (Å²) in [4.78, 5) is 12.5. The minimum absolute atomic E-state index is 0.101. The van der Waals surface area contributed by atoms with E-state index in [4.69, 9.17) is 23.2 Å². The topological polar surface area (TPSA) is 59.3 Å². The number of rotatable bonds is 5. The molecule has 0 unspecified atom stereocenters. The summed E-state index contributed by atoms with van der Waals surface area (Å²) in [5, 5.41) is 12.6. The molecule has 2 heterocycles. The van der Waals surface area contributed by atoms with Gasteiger partial charge >= 0.3 is 0 Å². The molecule has 130 valence electrons. The summed E-state index contributed by atoms with van der Waals surface area (Å²) < 4.78 is 1.86. The lowest BCUT2D eigenvalue weighted by Gasteiger charge is -2.18. The Kier molecular flexibility index (Phi) is 5.51. The average molecular weight is 395 g/mol. The van der Waals surface area contributed by atoms with Crippen LogP contribution in [-0.4, -0.2) is 25.8 Å². The van der Waals surface area contributed by atoms with E-state index in [0.717, 1.165) is 11.2 Å². The molecule has 0 radical (unpaired) electrons. The molecule has 5 nitrogen and oxygen atoms in total. The number of aromatic nitrogens is 3. The molecule has 25 heavy (non-hydrogen) atoms. The zero-order valence-corrected chi connectivity index (χ0v) is 15.9. The van der Waals surface area contributed by atoms with Gasteiger partial charge in [0.15, 0.2) is 10.8 Å². The zero-order chi connectivity index (χ0) is 18.0. The maximum atomic E-state index is 12.5. The number of fused-ring (bicyclic) bond motifs is 1. The number of thioether (sulfide) groups is 1. The van der Waals surface area contributed by atoms with Gasteiger partial charge in [-0.1, -0.05) is 47.1 Å². The molecule has 0 aliphatic heterocycles. The molecule has 1 N–H and O–H groups in total. The number of pyridine rings is 1. The van der Waals surface area contributed by atoms with Gasteiger partial charge in [0, 0.05) is 16.2 Å². The number of hydrogen-bond donors (Lipinski definition) is 1. The predicted octanol–water partition coefficient (Wildman–Crippen LogP) is 4.39. The molecule has 3 rings (SSSR count). The molecule has 0 saturated carbocycles. The van der Waals surface area contributed by atoms with Crippen molar-refractivity contribution in [3.05, 3.63) is 58.2 Å². The average Bonchev–Trinajstić information content (AvgIpc) is 2.97. The van der Waals surface area contributed by atoms with Crippen molar-refractivity contribution in [2.45, 2.75) is 30.3 Å². The Balaban J connectivity index is 1.68. The minimum atomic E-state index is -0.332. The van der Waals surface area contributed by atoms with E-state index < -0.39 is 0 Å². The summed E-state index contributed by atoms with van der Waals surface area (Å²) in [5.74, 6) is -0.101. The van der Waals surface area contributed by atoms with E-state index in [1.54, 1.807) is 12.1 Å². The van der Waals surface area contributed by atoms with Crippen LogP contribution in [0.4, 0.5) is 0 Å². The van der Waals surface area contributed by atoms with Crippen molar-refractivity contribution in [3.8, 4) is 0 Å². The van der Waals surface area contributed by atoms with Crippen LogP contribution in [0.25, 0.3) is 5.65 Å². The number of hydrogen-bond acceptors (Lipinski definition) is 4. The Hall–Kier alpha value is -1.76. The van der Waals surface area contributed by atoms with Crippen molar-refractivity contribution >= 4 is 46.5 Å². The van der Waals surface area contributed by atoms with Gasteiger partial charge in [-0.15, -0.1) is 10.2 Å². The number of nitrogens with zero attached hydrogens (tertiary/aromatic N) is 3. The molecule has 2 aromatic heterocycles. The van der Waals surface area contributed by atoms with Crippen LogP contribution in [0.15, 0.2) is 47.8 Å². The van der Waals surface area contributed by atoms with Gasteiger partial charge < -0.3 is 5.32 Å². The standard InChI is InChI=1S/C17H16Cl2N4OS/c1-10(13-7-6-12(18)9-14(13)19)20-16(24)11(2)25-17-22-21-15-5-3-4-8-23(15)17/h3-11H,1-2H3,(H,20,24)/t10-,11+/m0/s1. The molecule has 0 aliphatic rings. The molecule has 0 bridgehead atoms. The summed E-state index contributed by atoms with van der Waals surface area (Å²) in [6.45, 7) is 3.72. The lowest BCUT2D eigenvalue weighted by Crippen LogP contribution is -2.33. The largest absolute Gasteiger partial charge is 0.349 e. The van der Waals surface area contributed by atoms with Crippen molar-refractivity contribution in [2.24, 2.45) is 0 Å². The van der Waals surface area contributed by atoms with Crippen LogP contribution in [-0.2, 0) is 4.79 Å². The lowest BCUT2D eigenvalue weighted by molar-refractivity contribution is -0.120. The van der Waals surface area contributed by atoms with Gasteiger partial charge in [0.2, 0.25) is 5.91 Å². The van der Waals surface area contributed by atoms with Crippen molar-refractivity contribution in [1.82, 2.24) is 19.9 Å². The second kappa shape index (κ2) is 7.64. The fourth-order valence-corrected chi connectivity index (χ4v) is 3.79. The number of nitrogens with one attached hydrogen (secondary N) is 1. The smallest absolute Gasteiger partial charge is 0.233 e. The lowest BCUT2D eigenvalue weighted by atomic mass is 10.1. The number of carbonyl (C=O) groups is 1. The number of benzene rings is 1. The molecule has 0 saturated heterocycles. The first kappa shape index (κ1) is 18.0. The van der Waals surface area contributed by atoms with Crippen molar-refractivity contribution < 1.29 is 4.79 Å². The molecule has 3 aromatic rings. The fraction of sp³-hybridized carbons (Fsp3) is 0.235. The first-order valence-corrected chi connectivity index (χ1v) is 9.31. The maximum absolute atomic E-state index is 12.5. The molecule has 1 aromatic carbocycles. The van der Waals surface area contributed by atoms with Crippen molar-refractivity contribution in [2.75, 3.05) is 0 Å². The Morgan fingerprint density at radius 3 is 2.76 bits per heavy atom. The van der Waals surface area contributed by atoms with Crippen LogP contribution in [0.2, 0.25) is 10.0 Å². The minimum Gasteiger partial charge on any atom is -0.349 e. The van der Waals surface area contributed by atoms with Crippen LogP contribution < -0.4 is 5.32 Å². The summed E-state index contributed by atoms with van der Waals surface area (Å²) in [6, 6.07) is 10.7. The first-order chi connectivity index (χ1) is 12.0. The maximum Gasteiger partial charge on any atom is 0.233 e. The van der Waals surface area contributed by atoms with E-state index in [-0.39, 0.29) is 17.2 Å². The van der Waals surface area contributed by atoms with E-state index in [9.17, 15) is 4.79 Å². The van der Waals surface area contributed by atoms with E-state index in [2.05, 4.69) is 15.5 Å². The normalized spacial score (nSPS) is 13.6. The third kappa shape index (κ3) is 4.08. The fourth-order valence-electron chi connectivity index (χ4n) is 2.37. The molecule has 1 amide bonds. The third-order valence-electron chi connectivity index (χ3n) is 3.72. The van der Waals surface area contributed by atoms with Crippen molar-refractivity contribution in [1.29, 1.82) is 0 Å². The van der Waals surface area contributed by atoms with E-state index in [0.29, 0.717) is 15.2 Å². The Bertz CT molecular complexity index is 915. The number of amides is 1. The number of halogens is 2. The molecule has 8 heteroatoms. The summed E-state index contributed by atoms with van der Waals surface area (Å²) in [7, 11) is 0. The highest BCUT2D eigenvalue weighted by molar-refractivity contribution is 8.00. The van der Waals surface area contributed by atoms with Gasteiger partial charge in [0.25, 0.3) is 0 Å². The predicted molar refractivity (Wildman–Crippen MR) is 101 cm³/mol. The zero-order valence-electron chi connectivity index (χ0n) is 13.6. The molecular weight excluding hydrogens is 379 g/mol. The van der Waals surface area contributed by atoms with Crippen LogP contribution in [0.3, 0.4) is 0 Å². The molecule has 0 aliphatic carbocycles. The Morgan fingerprint density at radius 2 is 2.00 bits per heavy atom. The second-order valence-electron chi connectivity index (χ2n) is 5.57. The second-order valence-corrected chi connectivity index (χ2v) is 7.72. The Labute approximate surface area is 159 Å². The Morgan fingerprint density at radius 1 is 1.20 bits per heavy atom. The van der Waals surface area contributed by atoms with E-state index >= 15 is 0 Å². The van der Waals surface area contributed by atoms with Crippen LogP contribution in [0, 0.1) is 0 Å². The molecule has 0 spiro atoms. The van der Waals surface area contributed by atoms with Crippen LogP contribution >= 0.6 is 35.0 Å². The highest BCUT2D eigenvalue weighted by atomic mass is 35.5. The monoisotopic (exact) mass is 394 g/mol. The summed E-state index contributed by atoms with van der Waals surface area (Å²) in [6.07, 6.45) is 1.87. The van der Waals surface area contributed by atoms with Gasteiger partial charge in [-0.25, -0.2) is 0 Å². The number of carbonyl (C=O) groups excluding carboxylic acids is 1. The van der Waals surface area contributed by atoms with Gasteiger partial charge in [-0.3, -0.25) is 9.20 Å².